The fourth-order valence-electron chi connectivity index (χ4n) is 2.21. The maximum atomic E-state index is 13.6. The van der Waals surface area contributed by atoms with Crippen LogP contribution in [0.25, 0.3) is 0 Å². The molecule has 0 aliphatic carbocycles. The lowest BCUT2D eigenvalue weighted by Crippen LogP contribution is -2.57. The summed E-state index contributed by atoms with van der Waals surface area (Å²) in [6.45, 7) is 2.72. The van der Waals surface area contributed by atoms with Gasteiger partial charge in [0.05, 0.1) is 11.6 Å². The fraction of sp³-hybridized carbons (Fsp3) is 0.500. The van der Waals surface area contributed by atoms with Crippen LogP contribution in [0.15, 0.2) is 24.3 Å². The first-order valence-corrected chi connectivity index (χ1v) is 6.45. The molecule has 104 valence electrons. The van der Waals surface area contributed by atoms with Gasteiger partial charge in [0.1, 0.15) is 5.82 Å². The van der Waals surface area contributed by atoms with E-state index in [1.165, 1.54) is 6.07 Å². The number of amides is 1. The normalized spacial score (nSPS) is 19.7. The van der Waals surface area contributed by atoms with E-state index in [0.29, 0.717) is 31.6 Å². The van der Waals surface area contributed by atoms with Crippen LogP contribution in [0.3, 0.4) is 0 Å². The highest BCUT2D eigenvalue weighted by Crippen LogP contribution is 2.21. The Morgan fingerprint density at radius 2 is 2.05 bits per heavy atom. The van der Waals surface area contributed by atoms with Gasteiger partial charge in [0, 0.05) is 18.8 Å². The minimum absolute atomic E-state index is 0.244. The highest BCUT2D eigenvalue weighted by Gasteiger charge is 2.36. The van der Waals surface area contributed by atoms with Crippen molar-refractivity contribution in [1.82, 2.24) is 5.32 Å². The third-order valence-electron chi connectivity index (χ3n) is 3.56. The molecule has 0 bridgehead atoms. The van der Waals surface area contributed by atoms with Crippen molar-refractivity contribution in [3.8, 4) is 0 Å². The highest BCUT2D eigenvalue weighted by atomic mass is 19.1. The van der Waals surface area contributed by atoms with Gasteiger partial charge in [0.25, 0.3) is 0 Å². The molecule has 0 unspecified atom stereocenters. The van der Waals surface area contributed by atoms with E-state index in [1.54, 1.807) is 25.1 Å². The van der Waals surface area contributed by atoms with E-state index < -0.39 is 11.6 Å². The van der Waals surface area contributed by atoms with Crippen LogP contribution < -0.4 is 11.1 Å². The number of benzene rings is 1. The smallest absolute Gasteiger partial charge is 0.240 e. The quantitative estimate of drug-likeness (QED) is 0.871. The average Bonchev–Trinajstić information content (AvgIpc) is 2.40. The number of nitrogens with one attached hydrogen (secondary N) is 1. The number of nitrogens with two attached hydrogens (primary N) is 1. The van der Waals surface area contributed by atoms with Gasteiger partial charge in [-0.05, 0) is 25.8 Å². The Morgan fingerprint density at radius 3 is 2.68 bits per heavy atom. The van der Waals surface area contributed by atoms with Crippen molar-refractivity contribution in [2.45, 2.75) is 31.3 Å². The average molecular weight is 266 g/mol. The van der Waals surface area contributed by atoms with Gasteiger partial charge in [-0.3, -0.25) is 4.79 Å². The lowest BCUT2D eigenvalue weighted by molar-refractivity contribution is -0.130. The molecule has 1 amide bonds. The second kappa shape index (κ2) is 5.67. The fourth-order valence-corrected chi connectivity index (χ4v) is 2.21. The molecule has 5 heteroatoms. The summed E-state index contributed by atoms with van der Waals surface area (Å²) in [7, 11) is 0. The van der Waals surface area contributed by atoms with Crippen molar-refractivity contribution >= 4 is 5.91 Å². The van der Waals surface area contributed by atoms with Crippen molar-refractivity contribution in [2.75, 3.05) is 13.2 Å². The van der Waals surface area contributed by atoms with Crippen molar-refractivity contribution in [1.29, 1.82) is 0 Å². The number of hydrogen-bond donors (Lipinski definition) is 2. The maximum absolute atomic E-state index is 13.6. The van der Waals surface area contributed by atoms with Gasteiger partial charge in [0.15, 0.2) is 0 Å². The summed E-state index contributed by atoms with van der Waals surface area (Å²) in [5.74, 6) is -0.570. The van der Waals surface area contributed by atoms with Gasteiger partial charge in [-0.15, -0.1) is 0 Å². The Kier molecular flexibility index (Phi) is 4.17. The van der Waals surface area contributed by atoms with E-state index in [9.17, 15) is 9.18 Å². The van der Waals surface area contributed by atoms with Crippen molar-refractivity contribution < 1.29 is 13.9 Å². The molecule has 0 aromatic heterocycles. The van der Waals surface area contributed by atoms with Gasteiger partial charge in [0.2, 0.25) is 5.91 Å². The zero-order valence-electron chi connectivity index (χ0n) is 11.0. The largest absolute Gasteiger partial charge is 0.381 e. The molecular formula is C14H19FN2O2. The van der Waals surface area contributed by atoms with Crippen LogP contribution in [-0.2, 0) is 9.53 Å². The lowest BCUT2D eigenvalue weighted by atomic mass is 9.90. The monoisotopic (exact) mass is 266 g/mol. The van der Waals surface area contributed by atoms with Crippen LogP contribution >= 0.6 is 0 Å². The summed E-state index contributed by atoms with van der Waals surface area (Å²) in [6.07, 6.45) is 0.978. The summed E-state index contributed by atoms with van der Waals surface area (Å²) in [4.78, 5) is 12.2. The molecule has 1 aromatic carbocycles. The molecule has 4 nitrogen and oxygen atoms in total. The van der Waals surface area contributed by atoms with E-state index in [2.05, 4.69) is 5.32 Å². The minimum Gasteiger partial charge on any atom is -0.381 e. The first-order chi connectivity index (χ1) is 9.03. The Labute approximate surface area is 112 Å². The van der Waals surface area contributed by atoms with Gasteiger partial charge in [-0.25, -0.2) is 4.39 Å². The lowest BCUT2D eigenvalue weighted by Gasteiger charge is -2.33. The van der Waals surface area contributed by atoms with Crippen LogP contribution in [0.4, 0.5) is 4.39 Å². The summed E-state index contributed by atoms with van der Waals surface area (Å²) in [6, 6.07) is 6.00. The van der Waals surface area contributed by atoms with Crippen molar-refractivity contribution in [3.63, 3.8) is 0 Å². The first kappa shape index (κ1) is 14.0. The molecule has 1 atom stereocenters. The van der Waals surface area contributed by atoms with Crippen LogP contribution in [0.5, 0.6) is 0 Å². The Bertz CT molecular complexity index is 459. The zero-order chi connectivity index (χ0) is 13.9. The molecule has 1 heterocycles. The molecule has 3 N–H and O–H groups in total. The molecule has 0 spiro atoms. The summed E-state index contributed by atoms with van der Waals surface area (Å²) < 4.78 is 18.8. The Hall–Kier alpha value is -1.46. The van der Waals surface area contributed by atoms with E-state index >= 15 is 0 Å². The van der Waals surface area contributed by atoms with Crippen LogP contribution in [0.1, 0.15) is 31.4 Å². The van der Waals surface area contributed by atoms with E-state index in [0.717, 1.165) is 0 Å². The second-order valence-corrected chi connectivity index (χ2v) is 4.99. The molecule has 1 saturated heterocycles. The zero-order valence-corrected chi connectivity index (χ0v) is 11.0. The van der Waals surface area contributed by atoms with Crippen molar-refractivity contribution in [3.05, 3.63) is 35.6 Å². The topological polar surface area (TPSA) is 64.4 Å². The number of carbonyl (C=O) groups excluding carboxylic acids is 1. The molecule has 1 aliphatic heterocycles. The van der Waals surface area contributed by atoms with E-state index in [1.807, 2.05) is 0 Å². The third-order valence-corrected chi connectivity index (χ3v) is 3.56. The second-order valence-electron chi connectivity index (χ2n) is 4.99. The van der Waals surface area contributed by atoms with Gasteiger partial charge in [-0.1, -0.05) is 18.2 Å². The molecule has 1 aromatic rings. The Balaban J connectivity index is 2.04. The Morgan fingerprint density at radius 1 is 1.42 bits per heavy atom. The molecule has 1 fully saturated rings. The molecule has 2 rings (SSSR count). The van der Waals surface area contributed by atoms with Crippen LogP contribution in [0, 0.1) is 5.82 Å². The predicted octanol–water partition coefficient (Wildman–Crippen LogP) is 1.51. The molecule has 1 aliphatic rings. The number of carbonyl (C=O) groups is 1. The molecule has 0 saturated carbocycles. The number of halogens is 1. The van der Waals surface area contributed by atoms with Gasteiger partial charge < -0.3 is 15.8 Å². The molecular weight excluding hydrogens is 247 g/mol. The molecule has 0 radical (unpaired) electrons. The highest BCUT2D eigenvalue weighted by molar-refractivity contribution is 5.86. The number of ether oxygens (including phenoxy) is 1. The van der Waals surface area contributed by atoms with Crippen LogP contribution in [-0.4, -0.2) is 24.7 Å². The third kappa shape index (κ3) is 3.11. The van der Waals surface area contributed by atoms with Gasteiger partial charge in [-0.2, -0.15) is 0 Å². The summed E-state index contributed by atoms with van der Waals surface area (Å²) in [5, 5.41) is 2.79. The standard InChI is InChI=1S/C14H19FN2O2/c1-10(11-4-2-3-5-12(11)15)17-13(18)14(16)6-8-19-9-7-14/h2-5,10H,6-9,16H2,1H3,(H,17,18)/t10-/m1/s1. The van der Waals surface area contributed by atoms with E-state index in [-0.39, 0.29) is 11.7 Å². The summed E-state index contributed by atoms with van der Waals surface area (Å²) in [5.41, 5.74) is 5.64. The number of rotatable bonds is 3. The molecule has 19 heavy (non-hydrogen) atoms. The minimum atomic E-state index is -0.905. The SMILES string of the molecule is C[C@@H](NC(=O)C1(N)CCOCC1)c1ccccc1F. The summed E-state index contributed by atoms with van der Waals surface area (Å²) >= 11 is 0. The predicted molar refractivity (Wildman–Crippen MR) is 69.9 cm³/mol. The number of hydrogen-bond acceptors (Lipinski definition) is 3. The van der Waals surface area contributed by atoms with Crippen molar-refractivity contribution in [2.24, 2.45) is 5.73 Å². The van der Waals surface area contributed by atoms with E-state index in [4.69, 9.17) is 10.5 Å². The first-order valence-electron chi connectivity index (χ1n) is 6.45. The van der Waals surface area contributed by atoms with Crippen LogP contribution in [0.2, 0.25) is 0 Å². The van der Waals surface area contributed by atoms with Gasteiger partial charge >= 0.3 is 0 Å². The maximum Gasteiger partial charge on any atom is 0.240 e.